The van der Waals surface area contributed by atoms with Gasteiger partial charge in [0.05, 0.1) is 30.0 Å². The van der Waals surface area contributed by atoms with Crippen molar-refractivity contribution in [1.29, 1.82) is 0 Å². The minimum absolute atomic E-state index is 0.175. The van der Waals surface area contributed by atoms with Crippen LogP contribution in [0.4, 0.5) is 5.13 Å². The highest BCUT2D eigenvalue weighted by molar-refractivity contribution is 7.22. The fraction of sp³-hybridized carbons (Fsp3) is 0.231. The van der Waals surface area contributed by atoms with E-state index < -0.39 is 0 Å². The fourth-order valence-electron chi connectivity index (χ4n) is 3.44. The minimum atomic E-state index is -0.175. The molecule has 1 amide bonds. The zero-order chi connectivity index (χ0) is 24.1. The van der Waals surface area contributed by atoms with Gasteiger partial charge in [-0.05, 0) is 38.4 Å². The van der Waals surface area contributed by atoms with Gasteiger partial charge in [-0.2, -0.15) is 0 Å². The Labute approximate surface area is 203 Å². The molecule has 34 heavy (non-hydrogen) atoms. The number of rotatable bonds is 9. The molecule has 1 heterocycles. The number of hydrogen-bond donors (Lipinski definition) is 0. The molecular weight excluding hydrogens is 450 g/mol. The van der Waals surface area contributed by atoms with E-state index in [1.807, 2.05) is 73.6 Å². The maximum Gasteiger partial charge on any atom is 0.263 e. The molecule has 8 heteroatoms. The summed E-state index contributed by atoms with van der Waals surface area (Å²) in [5.41, 5.74) is 1.22. The van der Waals surface area contributed by atoms with Gasteiger partial charge in [0, 0.05) is 25.2 Å². The predicted molar refractivity (Wildman–Crippen MR) is 136 cm³/mol. The summed E-state index contributed by atoms with van der Waals surface area (Å²) >= 11 is 1.44. The number of fused-ring (bicyclic) bond motifs is 1. The standard InChI is InChI=1S/C26H27N3O4S/c1-28(2)14-15-29(26-27-20-16-22(31-3)23(32-4)17-24(20)34-26)25(30)19-12-8-9-13-21(19)33-18-10-6-5-7-11-18/h5-13,16-17H,14-15H2,1-4H3. The van der Waals surface area contributed by atoms with E-state index in [0.29, 0.717) is 46.8 Å². The van der Waals surface area contributed by atoms with E-state index in [4.69, 9.17) is 19.2 Å². The summed E-state index contributed by atoms with van der Waals surface area (Å²) in [5.74, 6) is 2.21. The van der Waals surface area contributed by atoms with Crippen molar-refractivity contribution in [2.45, 2.75) is 0 Å². The maximum atomic E-state index is 13.8. The number of carbonyl (C=O) groups is 1. The van der Waals surface area contributed by atoms with E-state index in [1.165, 1.54) is 11.3 Å². The zero-order valence-corrected chi connectivity index (χ0v) is 20.5. The monoisotopic (exact) mass is 477 g/mol. The number of anilines is 1. The van der Waals surface area contributed by atoms with Crippen LogP contribution in [-0.4, -0.2) is 57.2 Å². The topological polar surface area (TPSA) is 64.1 Å². The lowest BCUT2D eigenvalue weighted by atomic mass is 10.1. The number of likely N-dealkylation sites (N-methyl/N-ethyl adjacent to an activating group) is 1. The van der Waals surface area contributed by atoms with Gasteiger partial charge in [0.25, 0.3) is 5.91 Å². The number of ether oxygens (including phenoxy) is 3. The third kappa shape index (κ3) is 5.13. The van der Waals surface area contributed by atoms with Crippen molar-refractivity contribution in [3.8, 4) is 23.0 Å². The van der Waals surface area contributed by atoms with Crippen molar-refractivity contribution in [3.63, 3.8) is 0 Å². The van der Waals surface area contributed by atoms with Crippen LogP contribution in [0.3, 0.4) is 0 Å². The Balaban J connectivity index is 1.73. The molecule has 0 unspecified atom stereocenters. The van der Waals surface area contributed by atoms with Crippen LogP contribution < -0.4 is 19.1 Å². The van der Waals surface area contributed by atoms with Crippen molar-refractivity contribution >= 4 is 32.6 Å². The Bertz CT molecular complexity index is 1230. The van der Waals surface area contributed by atoms with Crippen molar-refractivity contribution < 1.29 is 19.0 Å². The average molecular weight is 478 g/mol. The average Bonchev–Trinajstić information content (AvgIpc) is 3.26. The van der Waals surface area contributed by atoms with E-state index >= 15 is 0 Å². The molecule has 7 nitrogen and oxygen atoms in total. The first-order chi connectivity index (χ1) is 16.5. The number of para-hydroxylation sites is 2. The van der Waals surface area contributed by atoms with Gasteiger partial charge >= 0.3 is 0 Å². The normalized spacial score (nSPS) is 11.0. The predicted octanol–water partition coefficient (Wildman–Crippen LogP) is 5.31. The summed E-state index contributed by atoms with van der Waals surface area (Å²) in [6.07, 6.45) is 0. The number of aromatic nitrogens is 1. The Kier molecular flexibility index (Phi) is 7.30. The van der Waals surface area contributed by atoms with Gasteiger partial charge in [-0.1, -0.05) is 41.7 Å². The van der Waals surface area contributed by atoms with Crippen molar-refractivity contribution in [2.24, 2.45) is 0 Å². The molecule has 0 atom stereocenters. The second kappa shape index (κ2) is 10.5. The van der Waals surface area contributed by atoms with Crippen molar-refractivity contribution in [1.82, 2.24) is 9.88 Å². The molecule has 0 saturated heterocycles. The molecule has 1 aromatic heterocycles. The summed E-state index contributed by atoms with van der Waals surface area (Å²) < 4.78 is 17.8. The summed E-state index contributed by atoms with van der Waals surface area (Å²) in [7, 11) is 7.14. The van der Waals surface area contributed by atoms with Crippen LogP contribution in [0.25, 0.3) is 10.2 Å². The Morgan fingerprint density at radius 1 is 0.882 bits per heavy atom. The lowest BCUT2D eigenvalue weighted by molar-refractivity contribution is 0.0983. The molecule has 0 radical (unpaired) electrons. The van der Waals surface area contributed by atoms with E-state index in [1.54, 1.807) is 31.3 Å². The van der Waals surface area contributed by atoms with Gasteiger partial charge in [0.15, 0.2) is 16.6 Å². The minimum Gasteiger partial charge on any atom is -0.493 e. The van der Waals surface area contributed by atoms with Crippen LogP contribution in [0, 0.1) is 0 Å². The number of carbonyl (C=O) groups excluding carboxylic acids is 1. The van der Waals surface area contributed by atoms with Gasteiger partial charge in [0.2, 0.25) is 0 Å². The SMILES string of the molecule is COc1cc2nc(N(CCN(C)C)C(=O)c3ccccc3Oc3ccccc3)sc2cc1OC. The van der Waals surface area contributed by atoms with Crippen LogP contribution in [0.1, 0.15) is 10.4 Å². The summed E-state index contributed by atoms with van der Waals surface area (Å²) in [6.45, 7) is 1.15. The van der Waals surface area contributed by atoms with E-state index in [-0.39, 0.29) is 5.91 Å². The number of benzene rings is 3. The Hall–Kier alpha value is -3.62. The van der Waals surface area contributed by atoms with Crippen LogP contribution in [0.5, 0.6) is 23.0 Å². The quantitative estimate of drug-likeness (QED) is 0.325. The van der Waals surface area contributed by atoms with Crippen LogP contribution in [0.2, 0.25) is 0 Å². The zero-order valence-electron chi connectivity index (χ0n) is 19.6. The van der Waals surface area contributed by atoms with Gasteiger partial charge < -0.3 is 19.1 Å². The van der Waals surface area contributed by atoms with E-state index in [2.05, 4.69) is 0 Å². The summed E-state index contributed by atoms with van der Waals surface area (Å²) in [5, 5.41) is 0.603. The Morgan fingerprint density at radius 2 is 1.56 bits per heavy atom. The largest absolute Gasteiger partial charge is 0.493 e. The first-order valence-corrected chi connectivity index (χ1v) is 11.6. The Morgan fingerprint density at radius 3 is 2.26 bits per heavy atom. The number of amides is 1. The molecule has 0 aliphatic carbocycles. The lowest BCUT2D eigenvalue weighted by Gasteiger charge is -2.23. The molecule has 0 saturated carbocycles. The highest BCUT2D eigenvalue weighted by atomic mass is 32.1. The highest BCUT2D eigenvalue weighted by Crippen LogP contribution is 2.38. The molecule has 176 valence electrons. The molecule has 0 aliphatic rings. The molecule has 4 aromatic rings. The van der Waals surface area contributed by atoms with Crippen molar-refractivity contribution in [3.05, 3.63) is 72.3 Å². The summed E-state index contributed by atoms with van der Waals surface area (Å²) in [4.78, 5) is 22.3. The van der Waals surface area contributed by atoms with Crippen LogP contribution in [-0.2, 0) is 0 Å². The molecule has 3 aromatic carbocycles. The molecule has 0 bridgehead atoms. The van der Waals surface area contributed by atoms with E-state index in [0.717, 1.165) is 10.2 Å². The fourth-order valence-corrected chi connectivity index (χ4v) is 4.44. The maximum absolute atomic E-state index is 13.8. The molecule has 4 rings (SSSR count). The highest BCUT2D eigenvalue weighted by Gasteiger charge is 2.25. The van der Waals surface area contributed by atoms with Gasteiger partial charge in [-0.15, -0.1) is 0 Å². The molecule has 0 fully saturated rings. The lowest BCUT2D eigenvalue weighted by Crippen LogP contribution is -2.36. The van der Waals surface area contributed by atoms with Crippen LogP contribution >= 0.6 is 11.3 Å². The molecule has 0 aliphatic heterocycles. The second-order valence-electron chi connectivity index (χ2n) is 7.84. The number of thiazole rings is 1. The van der Waals surface area contributed by atoms with Crippen molar-refractivity contribution in [2.75, 3.05) is 46.3 Å². The van der Waals surface area contributed by atoms with Crippen LogP contribution in [0.15, 0.2) is 66.7 Å². The number of nitrogens with zero attached hydrogens (tertiary/aromatic N) is 3. The number of methoxy groups -OCH3 is 2. The smallest absolute Gasteiger partial charge is 0.263 e. The van der Waals surface area contributed by atoms with Gasteiger partial charge in [-0.3, -0.25) is 9.69 Å². The van der Waals surface area contributed by atoms with Gasteiger partial charge in [-0.25, -0.2) is 4.98 Å². The van der Waals surface area contributed by atoms with Gasteiger partial charge in [0.1, 0.15) is 11.5 Å². The number of hydrogen-bond acceptors (Lipinski definition) is 7. The first-order valence-electron chi connectivity index (χ1n) is 10.8. The molecular formula is C26H27N3O4S. The summed E-state index contributed by atoms with van der Waals surface area (Å²) in [6, 6.07) is 20.4. The molecule has 0 N–H and O–H groups in total. The third-order valence-corrected chi connectivity index (χ3v) is 6.26. The third-order valence-electron chi connectivity index (χ3n) is 5.22. The van der Waals surface area contributed by atoms with E-state index in [9.17, 15) is 4.79 Å². The first kappa shape index (κ1) is 23.5. The second-order valence-corrected chi connectivity index (χ2v) is 8.85. The molecule has 0 spiro atoms.